The number of hydrogen-bond donors (Lipinski definition) is 1. The van der Waals surface area contributed by atoms with Crippen LogP contribution in [-0.2, 0) is 4.79 Å². The highest BCUT2D eigenvalue weighted by atomic mass is 35.5. The van der Waals surface area contributed by atoms with E-state index >= 15 is 0 Å². The average Bonchev–Trinajstić information content (AvgIpc) is 2.65. The van der Waals surface area contributed by atoms with E-state index in [0.29, 0.717) is 24.2 Å². The number of benzene rings is 1. The van der Waals surface area contributed by atoms with Crippen molar-refractivity contribution in [3.63, 3.8) is 0 Å². The molecule has 6 heteroatoms. The Hall–Kier alpha value is -0.970. The van der Waals surface area contributed by atoms with Gasteiger partial charge in [-0.05, 0) is 68.8 Å². The Balaban J connectivity index is 0.00000182. The molecule has 0 saturated carbocycles. The molecule has 2 fully saturated rings. The Kier molecular flexibility index (Phi) is 9.92. The van der Waals surface area contributed by atoms with Gasteiger partial charge in [-0.2, -0.15) is 0 Å². The van der Waals surface area contributed by atoms with Gasteiger partial charge in [0.25, 0.3) is 0 Å². The van der Waals surface area contributed by atoms with Gasteiger partial charge in [0.15, 0.2) is 0 Å². The van der Waals surface area contributed by atoms with Gasteiger partial charge in [-0.25, -0.2) is 0 Å². The van der Waals surface area contributed by atoms with E-state index in [1.807, 2.05) is 0 Å². The van der Waals surface area contributed by atoms with Crippen molar-refractivity contribution in [3.05, 3.63) is 29.3 Å². The normalized spacial score (nSPS) is 19.1. The van der Waals surface area contributed by atoms with E-state index in [4.69, 9.17) is 0 Å². The zero-order valence-corrected chi connectivity index (χ0v) is 18.5. The summed E-state index contributed by atoms with van der Waals surface area (Å²) in [7, 11) is 0. The Morgan fingerprint density at radius 1 is 1.11 bits per heavy atom. The van der Waals surface area contributed by atoms with Gasteiger partial charge < -0.3 is 15.1 Å². The Morgan fingerprint density at radius 2 is 1.74 bits per heavy atom. The minimum Gasteiger partial charge on any atom is -0.368 e. The van der Waals surface area contributed by atoms with Crippen LogP contribution in [-0.4, -0.2) is 50.1 Å². The number of halogens is 2. The highest BCUT2D eigenvalue weighted by Gasteiger charge is 2.26. The maximum absolute atomic E-state index is 12.7. The Labute approximate surface area is 176 Å². The van der Waals surface area contributed by atoms with Gasteiger partial charge >= 0.3 is 0 Å². The van der Waals surface area contributed by atoms with Crippen LogP contribution in [0.2, 0.25) is 0 Å². The molecule has 2 saturated heterocycles. The molecular formula is C21H35Cl2N3O. The fraction of sp³-hybridized carbons (Fsp3) is 0.667. The van der Waals surface area contributed by atoms with Gasteiger partial charge in [0.1, 0.15) is 0 Å². The number of rotatable bonds is 4. The molecule has 3 rings (SSSR count). The second kappa shape index (κ2) is 11.1. The van der Waals surface area contributed by atoms with Gasteiger partial charge in [-0.1, -0.05) is 19.1 Å². The van der Waals surface area contributed by atoms with Crippen molar-refractivity contribution in [2.24, 2.45) is 11.8 Å². The lowest BCUT2D eigenvalue weighted by atomic mass is 9.84. The van der Waals surface area contributed by atoms with Crippen molar-refractivity contribution in [3.8, 4) is 0 Å². The largest absolute Gasteiger partial charge is 0.368 e. The summed E-state index contributed by atoms with van der Waals surface area (Å²) in [4.78, 5) is 17.2. The van der Waals surface area contributed by atoms with Gasteiger partial charge in [0, 0.05) is 38.3 Å². The van der Waals surface area contributed by atoms with E-state index in [2.05, 4.69) is 54.1 Å². The third kappa shape index (κ3) is 6.00. The number of anilines is 1. The summed E-state index contributed by atoms with van der Waals surface area (Å²) in [6, 6.07) is 6.51. The second-order valence-corrected chi connectivity index (χ2v) is 7.86. The van der Waals surface area contributed by atoms with E-state index in [9.17, 15) is 4.79 Å². The monoisotopic (exact) mass is 415 g/mol. The molecule has 0 radical (unpaired) electrons. The summed E-state index contributed by atoms with van der Waals surface area (Å²) in [5.74, 6) is 1.57. The van der Waals surface area contributed by atoms with Crippen LogP contribution in [0, 0.1) is 25.7 Å². The van der Waals surface area contributed by atoms with E-state index in [0.717, 1.165) is 39.3 Å². The van der Waals surface area contributed by atoms with Crippen LogP contribution in [0.25, 0.3) is 0 Å². The van der Waals surface area contributed by atoms with Crippen LogP contribution in [0.1, 0.15) is 37.3 Å². The molecule has 0 aromatic heterocycles. The van der Waals surface area contributed by atoms with Crippen LogP contribution in [0.15, 0.2) is 18.2 Å². The van der Waals surface area contributed by atoms with E-state index in [1.165, 1.54) is 29.7 Å². The molecule has 1 aromatic carbocycles. The first-order valence-corrected chi connectivity index (χ1v) is 9.86. The Morgan fingerprint density at radius 3 is 2.37 bits per heavy atom. The van der Waals surface area contributed by atoms with Crippen molar-refractivity contribution < 1.29 is 4.79 Å². The van der Waals surface area contributed by atoms with E-state index < -0.39 is 0 Å². The molecule has 1 atom stereocenters. The highest BCUT2D eigenvalue weighted by Crippen LogP contribution is 2.26. The van der Waals surface area contributed by atoms with Gasteiger partial charge in [0.05, 0.1) is 0 Å². The molecule has 0 spiro atoms. The van der Waals surface area contributed by atoms with Crippen LogP contribution < -0.4 is 10.2 Å². The minimum absolute atomic E-state index is 0. The molecule has 0 bridgehead atoms. The Bertz CT molecular complexity index is 597. The molecule has 1 unspecified atom stereocenters. The summed E-state index contributed by atoms with van der Waals surface area (Å²) >= 11 is 0. The van der Waals surface area contributed by atoms with Gasteiger partial charge in [-0.3, -0.25) is 4.79 Å². The number of carbonyl (C=O) groups excluding carboxylic acids is 1. The zero-order valence-electron chi connectivity index (χ0n) is 16.9. The number of carbonyl (C=O) groups is 1. The molecule has 1 aromatic rings. The quantitative estimate of drug-likeness (QED) is 0.811. The smallest absolute Gasteiger partial charge is 0.222 e. The molecular weight excluding hydrogens is 381 g/mol. The third-order valence-electron chi connectivity index (χ3n) is 6.23. The molecule has 2 aliphatic heterocycles. The first-order chi connectivity index (χ1) is 12.1. The number of amides is 1. The fourth-order valence-corrected chi connectivity index (χ4v) is 4.26. The first kappa shape index (κ1) is 24.1. The average molecular weight is 416 g/mol. The number of piperidine rings is 1. The highest BCUT2D eigenvalue weighted by molar-refractivity contribution is 5.85. The lowest BCUT2D eigenvalue weighted by Crippen LogP contribution is -2.49. The predicted molar refractivity (Wildman–Crippen MR) is 119 cm³/mol. The third-order valence-corrected chi connectivity index (χ3v) is 6.23. The predicted octanol–water partition coefficient (Wildman–Crippen LogP) is 3.82. The minimum atomic E-state index is 0. The number of hydrogen-bond acceptors (Lipinski definition) is 3. The van der Waals surface area contributed by atoms with Crippen molar-refractivity contribution in [1.29, 1.82) is 0 Å². The fourth-order valence-electron chi connectivity index (χ4n) is 4.26. The summed E-state index contributed by atoms with van der Waals surface area (Å²) in [6.07, 6.45) is 3.15. The first-order valence-electron chi connectivity index (χ1n) is 9.86. The number of nitrogens with zero attached hydrogens (tertiary/aromatic N) is 2. The SMILES string of the molecule is Cc1cccc(N2CCN(C(=O)CC(C)C3CCNCC3)CC2)c1C.Cl.Cl. The summed E-state index contributed by atoms with van der Waals surface area (Å²) in [5, 5.41) is 3.41. The van der Waals surface area contributed by atoms with Crippen LogP contribution in [0.5, 0.6) is 0 Å². The van der Waals surface area contributed by atoms with Crippen molar-refractivity contribution in [1.82, 2.24) is 10.2 Å². The van der Waals surface area contributed by atoms with E-state index in [1.54, 1.807) is 0 Å². The zero-order chi connectivity index (χ0) is 17.8. The second-order valence-electron chi connectivity index (χ2n) is 7.86. The maximum Gasteiger partial charge on any atom is 0.222 e. The number of aryl methyl sites for hydroxylation is 1. The standard InChI is InChI=1S/C21H33N3O.2ClH/c1-16-5-4-6-20(18(16)3)23-11-13-24(14-12-23)21(25)15-17(2)19-7-9-22-10-8-19;;/h4-6,17,19,22H,7-15H2,1-3H3;2*1H. The molecule has 2 aliphatic rings. The molecule has 27 heavy (non-hydrogen) atoms. The summed E-state index contributed by atoms with van der Waals surface area (Å²) < 4.78 is 0. The number of piperazine rings is 1. The summed E-state index contributed by atoms with van der Waals surface area (Å²) in [5.41, 5.74) is 4.03. The van der Waals surface area contributed by atoms with Crippen molar-refractivity contribution in [2.45, 2.75) is 40.0 Å². The van der Waals surface area contributed by atoms with Gasteiger partial charge in [0.2, 0.25) is 5.91 Å². The molecule has 154 valence electrons. The van der Waals surface area contributed by atoms with Gasteiger partial charge in [-0.15, -0.1) is 24.8 Å². The van der Waals surface area contributed by atoms with Crippen LogP contribution in [0.3, 0.4) is 0 Å². The lowest BCUT2D eigenvalue weighted by Gasteiger charge is -2.38. The molecule has 2 heterocycles. The van der Waals surface area contributed by atoms with Crippen molar-refractivity contribution in [2.75, 3.05) is 44.2 Å². The van der Waals surface area contributed by atoms with Crippen LogP contribution in [0.4, 0.5) is 5.69 Å². The molecule has 4 nitrogen and oxygen atoms in total. The molecule has 0 aliphatic carbocycles. The summed E-state index contributed by atoms with van der Waals surface area (Å²) in [6.45, 7) is 12.4. The molecule has 1 amide bonds. The van der Waals surface area contributed by atoms with Crippen molar-refractivity contribution >= 4 is 36.4 Å². The molecule has 1 N–H and O–H groups in total. The number of nitrogens with one attached hydrogen (secondary N) is 1. The van der Waals surface area contributed by atoms with E-state index in [-0.39, 0.29) is 24.8 Å². The topological polar surface area (TPSA) is 35.6 Å². The maximum atomic E-state index is 12.7. The lowest BCUT2D eigenvalue weighted by molar-refractivity contribution is -0.132. The van der Waals surface area contributed by atoms with Crippen LogP contribution >= 0.6 is 24.8 Å².